The van der Waals surface area contributed by atoms with Gasteiger partial charge in [0.15, 0.2) is 0 Å². The normalized spacial score (nSPS) is 15.3. The number of rotatable bonds is 9. The SMILES string of the molecule is C=C(C)C(=O)OCCOP(=O)(O)OCC(N)C(=O)O. The fraction of sp³-hybridized carbons (Fsp3) is 0.556. The third-order valence-corrected chi connectivity index (χ3v) is 2.64. The lowest BCUT2D eigenvalue weighted by molar-refractivity contribution is -0.140. The highest BCUT2D eigenvalue weighted by molar-refractivity contribution is 7.47. The number of ether oxygens (including phenoxy) is 1. The first-order chi connectivity index (χ1) is 8.65. The zero-order valence-corrected chi connectivity index (χ0v) is 11.2. The molecule has 10 heteroatoms. The van der Waals surface area contributed by atoms with Crippen molar-refractivity contribution in [3.8, 4) is 0 Å². The lowest BCUT2D eigenvalue weighted by Gasteiger charge is -2.13. The van der Waals surface area contributed by atoms with Gasteiger partial charge in [0.2, 0.25) is 0 Å². The lowest BCUT2D eigenvalue weighted by atomic mass is 10.3. The molecule has 0 aromatic carbocycles. The number of carboxylic acids is 1. The van der Waals surface area contributed by atoms with Crippen LogP contribution in [0.1, 0.15) is 6.92 Å². The number of phosphoric acid groups is 1. The van der Waals surface area contributed by atoms with E-state index < -0.39 is 39.0 Å². The first kappa shape index (κ1) is 17.8. The Morgan fingerprint density at radius 2 is 1.95 bits per heavy atom. The predicted octanol–water partition coefficient (Wildman–Crippen LogP) is -0.349. The van der Waals surface area contributed by atoms with Gasteiger partial charge in [0.05, 0.1) is 13.2 Å². The molecule has 0 saturated carbocycles. The Hall–Kier alpha value is -1.25. The summed E-state index contributed by atoms with van der Waals surface area (Å²) in [7, 11) is -4.43. The molecule has 0 spiro atoms. The second-order valence-corrected chi connectivity index (χ2v) is 4.91. The van der Waals surface area contributed by atoms with E-state index in [0.29, 0.717) is 0 Å². The molecule has 0 aliphatic heterocycles. The van der Waals surface area contributed by atoms with Crippen molar-refractivity contribution in [3.05, 3.63) is 12.2 Å². The van der Waals surface area contributed by atoms with Crippen LogP contribution in [0, 0.1) is 0 Å². The fourth-order valence-electron chi connectivity index (χ4n) is 0.693. The van der Waals surface area contributed by atoms with Gasteiger partial charge in [0.1, 0.15) is 12.6 Å². The third-order valence-electron chi connectivity index (χ3n) is 1.65. The number of hydrogen-bond acceptors (Lipinski definition) is 7. The van der Waals surface area contributed by atoms with Crippen molar-refractivity contribution in [2.24, 2.45) is 5.73 Å². The first-order valence-corrected chi connectivity index (χ1v) is 6.58. The van der Waals surface area contributed by atoms with Crippen molar-refractivity contribution in [1.82, 2.24) is 0 Å². The summed E-state index contributed by atoms with van der Waals surface area (Å²) in [6.07, 6.45) is 0. The van der Waals surface area contributed by atoms with Crippen LogP contribution in [0.2, 0.25) is 0 Å². The van der Waals surface area contributed by atoms with Gasteiger partial charge < -0.3 is 20.5 Å². The quantitative estimate of drug-likeness (QED) is 0.225. The third kappa shape index (κ3) is 8.46. The van der Waals surface area contributed by atoms with Crippen LogP contribution in [0.25, 0.3) is 0 Å². The Bertz CT molecular complexity index is 396. The molecule has 0 heterocycles. The van der Waals surface area contributed by atoms with Crippen molar-refractivity contribution in [2.75, 3.05) is 19.8 Å². The zero-order valence-electron chi connectivity index (χ0n) is 10.3. The number of esters is 1. The summed E-state index contributed by atoms with van der Waals surface area (Å²) in [5.41, 5.74) is 5.24. The smallest absolute Gasteiger partial charge is 0.472 e. The second-order valence-electron chi connectivity index (χ2n) is 3.46. The van der Waals surface area contributed by atoms with E-state index in [1.165, 1.54) is 6.92 Å². The summed E-state index contributed by atoms with van der Waals surface area (Å²) in [4.78, 5) is 30.4. The highest BCUT2D eigenvalue weighted by Gasteiger charge is 2.24. The highest BCUT2D eigenvalue weighted by Crippen LogP contribution is 2.42. The molecular formula is C9H16NO8P. The number of phosphoric ester groups is 1. The minimum atomic E-state index is -4.43. The van der Waals surface area contributed by atoms with Crippen LogP contribution in [-0.2, 0) is 27.9 Å². The average Bonchev–Trinajstić information content (AvgIpc) is 2.31. The molecule has 0 radical (unpaired) electrons. The van der Waals surface area contributed by atoms with Crippen molar-refractivity contribution in [2.45, 2.75) is 13.0 Å². The number of nitrogens with two attached hydrogens (primary N) is 1. The molecule has 0 aromatic heterocycles. The van der Waals surface area contributed by atoms with E-state index in [2.05, 4.69) is 20.4 Å². The Balaban J connectivity index is 3.91. The molecule has 0 rings (SSSR count). The Morgan fingerprint density at radius 1 is 1.37 bits per heavy atom. The van der Waals surface area contributed by atoms with Crippen molar-refractivity contribution in [3.63, 3.8) is 0 Å². The minimum Gasteiger partial charge on any atom is -0.480 e. The van der Waals surface area contributed by atoms with Crippen LogP contribution in [0.3, 0.4) is 0 Å². The van der Waals surface area contributed by atoms with Crippen molar-refractivity contribution >= 4 is 19.8 Å². The van der Waals surface area contributed by atoms with E-state index in [-0.39, 0.29) is 12.2 Å². The predicted molar refractivity (Wildman–Crippen MR) is 63.1 cm³/mol. The molecule has 0 amide bonds. The molecule has 0 bridgehead atoms. The first-order valence-electron chi connectivity index (χ1n) is 5.08. The van der Waals surface area contributed by atoms with E-state index in [1.54, 1.807) is 0 Å². The zero-order chi connectivity index (χ0) is 15.1. The van der Waals surface area contributed by atoms with Crippen LogP contribution in [0.4, 0.5) is 0 Å². The van der Waals surface area contributed by atoms with E-state index in [0.717, 1.165) is 0 Å². The van der Waals surface area contributed by atoms with Crippen LogP contribution < -0.4 is 5.73 Å². The maximum atomic E-state index is 11.2. The van der Waals surface area contributed by atoms with Gasteiger partial charge in [-0.15, -0.1) is 0 Å². The van der Waals surface area contributed by atoms with Gasteiger partial charge in [0.25, 0.3) is 0 Å². The molecule has 0 aliphatic rings. The van der Waals surface area contributed by atoms with Gasteiger partial charge in [-0.25, -0.2) is 9.36 Å². The van der Waals surface area contributed by atoms with Crippen molar-refractivity contribution < 1.29 is 37.9 Å². The van der Waals surface area contributed by atoms with Crippen LogP contribution in [0.5, 0.6) is 0 Å². The van der Waals surface area contributed by atoms with E-state index in [1.807, 2.05) is 0 Å². The van der Waals surface area contributed by atoms with E-state index in [4.69, 9.17) is 15.7 Å². The van der Waals surface area contributed by atoms with Crippen molar-refractivity contribution in [1.29, 1.82) is 0 Å². The molecule has 0 fully saturated rings. The van der Waals surface area contributed by atoms with E-state index in [9.17, 15) is 14.2 Å². The molecule has 0 aromatic rings. The summed E-state index contributed by atoms with van der Waals surface area (Å²) in [5.74, 6) is -2.04. The minimum absolute atomic E-state index is 0.177. The number of aliphatic carboxylic acids is 1. The van der Waals surface area contributed by atoms with Gasteiger partial charge in [-0.1, -0.05) is 6.58 Å². The molecular weight excluding hydrogens is 281 g/mol. The number of carbonyl (C=O) groups excluding carboxylic acids is 1. The largest absolute Gasteiger partial charge is 0.480 e. The van der Waals surface area contributed by atoms with Gasteiger partial charge in [-0.3, -0.25) is 13.8 Å². The van der Waals surface area contributed by atoms with Gasteiger partial charge >= 0.3 is 19.8 Å². The summed E-state index contributed by atoms with van der Waals surface area (Å²) in [6.45, 7) is 3.42. The maximum absolute atomic E-state index is 11.2. The summed E-state index contributed by atoms with van der Waals surface area (Å²) in [5, 5.41) is 8.42. The average molecular weight is 297 g/mol. The molecule has 2 atom stereocenters. The summed E-state index contributed by atoms with van der Waals surface area (Å²) >= 11 is 0. The number of hydrogen-bond donors (Lipinski definition) is 3. The van der Waals surface area contributed by atoms with Crippen LogP contribution >= 0.6 is 7.82 Å². The molecule has 0 aliphatic carbocycles. The second kappa shape index (κ2) is 8.03. The Kier molecular flexibility index (Phi) is 7.50. The summed E-state index contributed by atoms with van der Waals surface area (Å²) < 4.78 is 24.6. The monoisotopic (exact) mass is 297 g/mol. The molecule has 0 saturated heterocycles. The topological polar surface area (TPSA) is 145 Å². The summed E-state index contributed by atoms with van der Waals surface area (Å²) in [6, 6.07) is -1.44. The van der Waals surface area contributed by atoms with Gasteiger partial charge in [0, 0.05) is 5.57 Å². The fourth-order valence-corrected chi connectivity index (χ4v) is 1.42. The number of carboxylic acid groups (broad SMARTS) is 1. The molecule has 110 valence electrons. The Labute approximate surface area is 109 Å². The Morgan fingerprint density at radius 3 is 2.42 bits per heavy atom. The molecule has 2 unspecified atom stereocenters. The number of carbonyl (C=O) groups is 2. The maximum Gasteiger partial charge on any atom is 0.472 e. The van der Waals surface area contributed by atoms with Gasteiger partial charge in [-0.2, -0.15) is 0 Å². The van der Waals surface area contributed by atoms with Crippen LogP contribution in [-0.4, -0.2) is 47.8 Å². The highest BCUT2D eigenvalue weighted by atomic mass is 31.2. The molecule has 19 heavy (non-hydrogen) atoms. The van der Waals surface area contributed by atoms with Crippen LogP contribution in [0.15, 0.2) is 12.2 Å². The molecule has 4 N–H and O–H groups in total. The lowest BCUT2D eigenvalue weighted by Crippen LogP contribution is -2.34. The van der Waals surface area contributed by atoms with E-state index >= 15 is 0 Å². The standard InChI is InChI=1S/C9H16NO8P/c1-6(2)9(13)16-3-4-17-19(14,15)18-5-7(10)8(11)12/h7H,1,3-5,10H2,2H3,(H,11,12)(H,14,15). The van der Waals surface area contributed by atoms with Gasteiger partial charge in [-0.05, 0) is 6.92 Å². The molecule has 9 nitrogen and oxygen atoms in total.